The van der Waals surface area contributed by atoms with Gasteiger partial charge in [-0.2, -0.15) is 0 Å². The zero-order chi connectivity index (χ0) is 26.4. The number of ether oxygens (including phenoxy) is 1. The second-order valence-corrected chi connectivity index (χ2v) is 10.6. The summed E-state index contributed by atoms with van der Waals surface area (Å²) in [5.74, 6) is -0.652. The normalized spacial score (nSPS) is 22.5. The molecule has 2 amide bonds. The summed E-state index contributed by atoms with van der Waals surface area (Å²) < 4.78 is 26.6. The van der Waals surface area contributed by atoms with Gasteiger partial charge in [0.15, 0.2) is 0 Å². The van der Waals surface area contributed by atoms with Gasteiger partial charge in [0.1, 0.15) is 17.3 Å². The Balaban J connectivity index is 1.13. The Bertz CT molecular complexity index is 1370. The van der Waals surface area contributed by atoms with E-state index in [-0.39, 0.29) is 35.5 Å². The van der Waals surface area contributed by atoms with Gasteiger partial charge in [0.2, 0.25) is 0 Å². The number of carboxylic acid groups (broad SMARTS) is 1. The number of carboxylic acids is 1. The zero-order valence-electron chi connectivity index (χ0n) is 21.2. The summed E-state index contributed by atoms with van der Waals surface area (Å²) in [7, 11) is 0. The van der Waals surface area contributed by atoms with Crippen molar-refractivity contribution in [1.29, 1.82) is 0 Å². The third kappa shape index (κ3) is 4.67. The van der Waals surface area contributed by atoms with Gasteiger partial charge in [-0.1, -0.05) is 29.4 Å². The number of carbonyl (C=O) groups is 2. The van der Waals surface area contributed by atoms with Crippen LogP contribution in [0.1, 0.15) is 71.7 Å². The Morgan fingerprint density at radius 1 is 1.13 bits per heavy atom. The number of nitrogens with one attached hydrogen (secondary N) is 1. The molecule has 2 aromatic carbocycles. The predicted octanol–water partition coefficient (Wildman–Crippen LogP) is 6.11. The number of hydrogen-bond donors (Lipinski definition) is 2. The molecule has 1 aromatic heterocycles. The zero-order valence-corrected chi connectivity index (χ0v) is 21.2. The molecule has 3 aliphatic rings. The van der Waals surface area contributed by atoms with Gasteiger partial charge >= 0.3 is 12.0 Å². The summed E-state index contributed by atoms with van der Waals surface area (Å²) >= 11 is 0. The number of carbonyl (C=O) groups excluding carboxylic acids is 1. The molecule has 0 radical (unpaired) electrons. The lowest BCUT2D eigenvalue weighted by atomic mass is 9.99. The fraction of sp³-hybridized carbons (Fsp3) is 0.414. The first-order valence-electron chi connectivity index (χ1n) is 13.2. The van der Waals surface area contributed by atoms with E-state index in [1.54, 1.807) is 4.90 Å². The van der Waals surface area contributed by atoms with Crippen LogP contribution in [0, 0.1) is 12.7 Å². The highest BCUT2D eigenvalue weighted by molar-refractivity contribution is 5.92. The molecule has 3 aromatic rings. The molecule has 2 N–H and O–H groups in total. The van der Waals surface area contributed by atoms with Crippen LogP contribution in [0.2, 0.25) is 0 Å². The first-order chi connectivity index (χ1) is 18.4. The lowest BCUT2D eigenvalue weighted by Gasteiger charge is -2.38. The van der Waals surface area contributed by atoms with E-state index in [1.807, 2.05) is 12.1 Å². The Labute approximate surface area is 219 Å². The van der Waals surface area contributed by atoms with E-state index < -0.39 is 11.8 Å². The van der Waals surface area contributed by atoms with Crippen molar-refractivity contribution in [2.75, 3.05) is 5.32 Å². The quantitative estimate of drug-likeness (QED) is 0.390. The molecule has 3 fully saturated rings. The van der Waals surface area contributed by atoms with E-state index in [9.17, 15) is 14.0 Å². The standard InChI is InChI=1S/C29H30FN3O5/c1-16-4-2-3-5-22(16)26-23(27(38-32-26)17-6-7-17)15-37-21-13-19-9-10-20(14-21)33(19)29(36)31-25-11-8-18(28(34)35)12-24(25)30/h2-5,8,11-12,17,19-21H,6-7,9-10,13-15H2,1H3,(H,31,36)(H,34,35). The summed E-state index contributed by atoms with van der Waals surface area (Å²) in [6, 6.07) is 11.3. The number of amides is 2. The minimum absolute atomic E-state index is 0.00122. The van der Waals surface area contributed by atoms with Gasteiger partial charge in [-0.25, -0.2) is 14.0 Å². The van der Waals surface area contributed by atoms with Crippen molar-refractivity contribution in [3.8, 4) is 11.3 Å². The Hall–Kier alpha value is -3.72. The van der Waals surface area contributed by atoms with E-state index in [0.29, 0.717) is 25.4 Å². The average molecular weight is 520 g/mol. The van der Waals surface area contributed by atoms with Crippen LogP contribution in [-0.4, -0.2) is 45.4 Å². The van der Waals surface area contributed by atoms with Gasteiger partial charge in [0.05, 0.1) is 24.0 Å². The summed E-state index contributed by atoms with van der Waals surface area (Å²) in [6.45, 7) is 2.48. The molecule has 198 valence electrons. The molecule has 0 spiro atoms. The number of rotatable bonds is 7. The third-order valence-corrected chi connectivity index (χ3v) is 8.01. The van der Waals surface area contributed by atoms with Gasteiger partial charge in [-0.15, -0.1) is 0 Å². The summed E-state index contributed by atoms with van der Waals surface area (Å²) in [4.78, 5) is 25.9. The fourth-order valence-electron chi connectivity index (χ4n) is 5.90. The van der Waals surface area contributed by atoms with Gasteiger partial charge in [0.25, 0.3) is 0 Å². The van der Waals surface area contributed by atoms with Crippen molar-refractivity contribution >= 4 is 17.7 Å². The van der Waals surface area contributed by atoms with Crippen LogP contribution in [0.4, 0.5) is 14.9 Å². The molecule has 38 heavy (non-hydrogen) atoms. The monoisotopic (exact) mass is 519 g/mol. The molecule has 3 heterocycles. The third-order valence-electron chi connectivity index (χ3n) is 8.01. The Kier molecular flexibility index (Phi) is 6.39. The first kappa shape index (κ1) is 24.6. The van der Waals surface area contributed by atoms with E-state index in [1.165, 1.54) is 12.1 Å². The molecular formula is C29H30FN3O5. The Morgan fingerprint density at radius 2 is 1.87 bits per heavy atom. The van der Waals surface area contributed by atoms with Crippen LogP contribution in [0.15, 0.2) is 47.0 Å². The predicted molar refractivity (Wildman–Crippen MR) is 137 cm³/mol. The largest absolute Gasteiger partial charge is 0.478 e. The van der Waals surface area contributed by atoms with Crippen LogP contribution in [0.3, 0.4) is 0 Å². The summed E-state index contributed by atoms with van der Waals surface area (Å²) in [5, 5.41) is 16.1. The average Bonchev–Trinajstić information content (AvgIpc) is 3.60. The lowest BCUT2D eigenvalue weighted by molar-refractivity contribution is -0.0158. The number of nitrogens with zero attached hydrogens (tertiary/aromatic N) is 2. The second-order valence-electron chi connectivity index (χ2n) is 10.6. The highest BCUT2D eigenvalue weighted by Gasteiger charge is 2.44. The maximum atomic E-state index is 14.4. The number of benzene rings is 2. The van der Waals surface area contributed by atoms with Gasteiger partial charge in [0, 0.05) is 29.1 Å². The van der Waals surface area contributed by atoms with Crippen LogP contribution < -0.4 is 5.32 Å². The van der Waals surface area contributed by atoms with Gasteiger partial charge < -0.3 is 24.6 Å². The lowest BCUT2D eigenvalue weighted by Crippen LogP contribution is -2.50. The first-order valence-corrected chi connectivity index (χ1v) is 13.2. The van der Waals surface area contributed by atoms with Crippen LogP contribution >= 0.6 is 0 Å². The van der Waals surface area contributed by atoms with Crippen molar-refractivity contribution in [3.05, 3.63) is 70.7 Å². The number of aromatic nitrogens is 1. The number of fused-ring (bicyclic) bond motifs is 2. The van der Waals surface area contributed by atoms with E-state index in [2.05, 4.69) is 29.5 Å². The molecule has 2 aliphatic heterocycles. The maximum Gasteiger partial charge on any atom is 0.335 e. The van der Waals surface area contributed by atoms with Crippen molar-refractivity contribution < 1.29 is 28.3 Å². The fourth-order valence-corrected chi connectivity index (χ4v) is 5.90. The van der Waals surface area contributed by atoms with Gasteiger partial charge in [-0.3, -0.25) is 0 Å². The number of anilines is 1. The van der Waals surface area contributed by atoms with Crippen molar-refractivity contribution in [2.24, 2.45) is 0 Å². The molecule has 2 unspecified atom stereocenters. The van der Waals surface area contributed by atoms with Crippen molar-refractivity contribution in [2.45, 2.75) is 76.2 Å². The topological polar surface area (TPSA) is 105 Å². The number of piperidine rings is 1. The van der Waals surface area contributed by atoms with Crippen LogP contribution in [0.5, 0.6) is 0 Å². The molecule has 8 nitrogen and oxygen atoms in total. The number of aryl methyl sites for hydroxylation is 1. The van der Waals surface area contributed by atoms with Crippen molar-refractivity contribution in [3.63, 3.8) is 0 Å². The minimum atomic E-state index is -1.22. The molecule has 6 rings (SSSR count). The number of hydrogen-bond acceptors (Lipinski definition) is 5. The summed E-state index contributed by atoms with van der Waals surface area (Å²) in [6.07, 6.45) is 5.34. The number of halogens is 1. The highest BCUT2D eigenvalue weighted by Crippen LogP contribution is 2.45. The minimum Gasteiger partial charge on any atom is -0.478 e. The maximum absolute atomic E-state index is 14.4. The number of urea groups is 1. The molecule has 2 saturated heterocycles. The highest BCUT2D eigenvalue weighted by atomic mass is 19.1. The molecule has 2 bridgehead atoms. The molecule has 2 atom stereocenters. The summed E-state index contributed by atoms with van der Waals surface area (Å²) in [5.41, 5.74) is 3.87. The Morgan fingerprint density at radius 3 is 2.53 bits per heavy atom. The molecule has 9 heteroatoms. The van der Waals surface area contributed by atoms with Crippen LogP contribution in [0.25, 0.3) is 11.3 Å². The van der Waals surface area contributed by atoms with E-state index in [0.717, 1.165) is 59.9 Å². The van der Waals surface area contributed by atoms with E-state index >= 15 is 0 Å². The van der Waals surface area contributed by atoms with Crippen LogP contribution in [-0.2, 0) is 11.3 Å². The van der Waals surface area contributed by atoms with E-state index in [4.69, 9.17) is 14.4 Å². The number of aromatic carboxylic acids is 1. The molecule has 1 saturated carbocycles. The van der Waals surface area contributed by atoms with Gasteiger partial charge in [-0.05, 0) is 69.2 Å². The van der Waals surface area contributed by atoms with Crippen molar-refractivity contribution in [1.82, 2.24) is 10.1 Å². The molecule has 1 aliphatic carbocycles. The molecular weight excluding hydrogens is 489 g/mol. The smallest absolute Gasteiger partial charge is 0.335 e. The SMILES string of the molecule is Cc1ccccc1-c1noc(C2CC2)c1COC1CC2CCC(C1)N2C(=O)Nc1ccc(C(=O)O)cc1F. The second kappa shape index (κ2) is 9.87.